The highest BCUT2D eigenvalue weighted by Crippen LogP contribution is 2.27. The lowest BCUT2D eigenvalue weighted by Crippen LogP contribution is -2.44. The second-order valence-corrected chi connectivity index (χ2v) is 8.28. The predicted octanol–water partition coefficient (Wildman–Crippen LogP) is 3.51. The van der Waals surface area contributed by atoms with Gasteiger partial charge in [0.15, 0.2) is 0 Å². The van der Waals surface area contributed by atoms with Crippen LogP contribution in [0.3, 0.4) is 0 Å². The maximum atomic E-state index is 13.0. The van der Waals surface area contributed by atoms with Gasteiger partial charge in [0.05, 0.1) is 4.90 Å². The minimum atomic E-state index is -3.54. The van der Waals surface area contributed by atoms with Crippen molar-refractivity contribution in [3.63, 3.8) is 0 Å². The van der Waals surface area contributed by atoms with E-state index in [2.05, 4.69) is 16.5 Å². The molecule has 2 aromatic carbocycles. The molecule has 1 aliphatic heterocycles. The van der Waals surface area contributed by atoms with Gasteiger partial charge < -0.3 is 4.90 Å². The quantitative estimate of drug-likeness (QED) is 0.860. The lowest BCUT2D eigenvalue weighted by Gasteiger charge is -2.32. The van der Waals surface area contributed by atoms with Gasteiger partial charge in [-0.1, -0.05) is 55.5 Å². The molecule has 0 amide bonds. The zero-order chi connectivity index (χ0) is 17.7. The first-order valence-electron chi connectivity index (χ1n) is 8.99. The predicted molar refractivity (Wildman–Crippen MR) is 102 cm³/mol. The molecule has 1 aliphatic rings. The smallest absolute Gasteiger partial charge is 0.241 e. The summed E-state index contributed by atoms with van der Waals surface area (Å²) in [5, 5.41) is 0. The topological polar surface area (TPSA) is 49.4 Å². The first-order valence-corrected chi connectivity index (χ1v) is 10.5. The van der Waals surface area contributed by atoms with Crippen LogP contribution in [-0.2, 0) is 10.0 Å². The van der Waals surface area contributed by atoms with Crippen LogP contribution >= 0.6 is 0 Å². The van der Waals surface area contributed by atoms with Crippen LogP contribution in [0.5, 0.6) is 0 Å². The van der Waals surface area contributed by atoms with E-state index in [4.69, 9.17) is 0 Å². The lowest BCUT2D eigenvalue weighted by atomic mass is 10.1. The van der Waals surface area contributed by atoms with Crippen LogP contribution in [0.15, 0.2) is 59.5 Å². The molecule has 1 N–H and O–H groups in total. The highest BCUT2D eigenvalue weighted by molar-refractivity contribution is 7.89. The molecule has 134 valence electrons. The highest BCUT2D eigenvalue weighted by Gasteiger charge is 2.26. The van der Waals surface area contributed by atoms with Gasteiger partial charge in [0.1, 0.15) is 0 Å². The van der Waals surface area contributed by atoms with Crippen LogP contribution in [0, 0.1) is 0 Å². The minimum Gasteiger partial charge on any atom is -0.303 e. The molecule has 0 unspecified atom stereocenters. The van der Waals surface area contributed by atoms with Crippen molar-refractivity contribution in [1.29, 1.82) is 0 Å². The van der Waals surface area contributed by atoms with Crippen molar-refractivity contribution >= 4 is 10.0 Å². The molecule has 0 spiro atoms. The van der Waals surface area contributed by atoms with Crippen LogP contribution in [0.2, 0.25) is 0 Å². The third kappa shape index (κ3) is 4.48. The van der Waals surface area contributed by atoms with E-state index in [1.54, 1.807) is 12.1 Å². The third-order valence-electron chi connectivity index (χ3n) is 4.71. The maximum Gasteiger partial charge on any atom is 0.241 e. The molecule has 0 saturated carbocycles. The van der Waals surface area contributed by atoms with E-state index >= 15 is 0 Å². The molecule has 0 aliphatic carbocycles. The molecule has 0 bridgehead atoms. The van der Waals surface area contributed by atoms with E-state index in [0.29, 0.717) is 4.90 Å². The zero-order valence-electron chi connectivity index (χ0n) is 14.7. The third-order valence-corrected chi connectivity index (χ3v) is 6.29. The summed E-state index contributed by atoms with van der Waals surface area (Å²) in [5.41, 5.74) is 1.67. The van der Waals surface area contributed by atoms with Gasteiger partial charge in [0.2, 0.25) is 10.0 Å². The summed E-state index contributed by atoms with van der Waals surface area (Å²) >= 11 is 0. The summed E-state index contributed by atoms with van der Waals surface area (Å²) in [6.07, 6.45) is 2.88. The first kappa shape index (κ1) is 18.1. The second-order valence-electron chi connectivity index (χ2n) is 6.60. The van der Waals surface area contributed by atoms with Crippen LogP contribution in [0.1, 0.15) is 26.2 Å². The molecule has 1 saturated heterocycles. The van der Waals surface area contributed by atoms with E-state index in [0.717, 1.165) is 50.0 Å². The van der Waals surface area contributed by atoms with Gasteiger partial charge in [-0.15, -0.1) is 0 Å². The molecular formula is C20H26N2O2S. The largest absolute Gasteiger partial charge is 0.303 e. The Kier molecular flexibility index (Phi) is 5.89. The van der Waals surface area contributed by atoms with Gasteiger partial charge in [0, 0.05) is 11.6 Å². The Bertz CT molecular complexity index is 782. The molecule has 0 atom stereocenters. The Morgan fingerprint density at radius 3 is 2.32 bits per heavy atom. The van der Waals surface area contributed by atoms with Crippen molar-refractivity contribution < 1.29 is 8.42 Å². The van der Waals surface area contributed by atoms with Crippen molar-refractivity contribution in [2.24, 2.45) is 0 Å². The molecule has 25 heavy (non-hydrogen) atoms. The maximum absolute atomic E-state index is 13.0. The number of hydrogen-bond acceptors (Lipinski definition) is 3. The second kappa shape index (κ2) is 8.13. The Morgan fingerprint density at radius 2 is 1.64 bits per heavy atom. The van der Waals surface area contributed by atoms with E-state index in [1.807, 2.05) is 42.5 Å². The van der Waals surface area contributed by atoms with Gasteiger partial charge in [-0.05, 0) is 50.5 Å². The molecule has 1 heterocycles. The van der Waals surface area contributed by atoms with E-state index in [9.17, 15) is 8.42 Å². The highest BCUT2D eigenvalue weighted by atomic mass is 32.2. The number of benzene rings is 2. The number of rotatable bonds is 6. The molecule has 3 rings (SSSR count). The summed E-state index contributed by atoms with van der Waals surface area (Å²) in [4.78, 5) is 2.76. The normalized spacial score (nSPS) is 16.8. The Balaban J connectivity index is 1.78. The molecular weight excluding hydrogens is 332 g/mol. The number of nitrogens with zero attached hydrogens (tertiary/aromatic N) is 1. The summed E-state index contributed by atoms with van der Waals surface area (Å²) in [5.74, 6) is 0. The molecule has 5 heteroatoms. The molecule has 0 radical (unpaired) electrons. The average molecular weight is 359 g/mol. The van der Waals surface area contributed by atoms with Crippen molar-refractivity contribution in [3.05, 3.63) is 54.6 Å². The monoisotopic (exact) mass is 358 g/mol. The van der Waals surface area contributed by atoms with E-state index in [1.165, 1.54) is 0 Å². The standard InChI is InChI=1S/C20H26N2O2S/c1-2-14-22-15-12-18(13-16-22)21-25(23,24)20-11-7-6-10-19(20)17-8-4-3-5-9-17/h3-11,18,21H,2,12-16H2,1H3. The fourth-order valence-corrected chi connectivity index (χ4v) is 4.97. The van der Waals surface area contributed by atoms with Gasteiger partial charge in [-0.2, -0.15) is 0 Å². The van der Waals surface area contributed by atoms with Crippen molar-refractivity contribution in [3.8, 4) is 11.1 Å². The summed E-state index contributed by atoms with van der Waals surface area (Å²) in [7, 11) is -3.54. The van der Waals surface area contributed by atoms with Crippen molar-refractivity contribution in [1.82, 2.24) is 9.62 Å². The number of likely N-dealkylation sites (tertiary alicyclic amines) is 1. The van der Waals surface area contributed by atoms with E-state index in [-0.39, 0.29) is 6.04 Å². The van der Waals surface area contributed by atoms with E-state index < -0.39 is 10.0 Å². The lowest BCUT2D eigenvalue weighted by molar-refractivity contribution is 0.208. The summed E-state index contributed by atoms with van der Waals surface area (Å²) in [6, 6.07) is 16.9. The molecule has 0 aromatic heterocycles. The number of sulfonamides is 1. The van der Waals surface area contributed by atoms with Crippen LogP contribution in [-0.4, -0.2) is 39.0 Å². The first-order chi connectivity index (χ1) is 12.1. The van der Waals surface area contributed by atoms with Crippen LogP contribution in [0.25, 0.3) is 11.1 Å². The summed E-state index contributed by atoms with van der Waals surface area (Å²) < 4.78 is 28.9. The zero-order valence-corrected chi connectivity index (χ0v) is 15.5. The Labute approximate surface area is 150 Å². The molecule has 2 aromatic rings. The number of nitrogens with one attached hydrogen (secondary N) is 1. The van der Waals surface area contributed by atoms with Gasteiger partial charge in [-0.25, -0.2) is 13.1 Å². The van der Waals surface area contributed by atoms with Crippen LogP contribution in [0.4, 0.5) is 0 Å². The Hall–Kier alpha value is -1.69. The fourth-order valence-electron chi connectivity index (χ4n) is 3.43. The molecule has 1 fully saturated rings. The minimum absolute atomic E-state index is 0.0157. The average Bonchev–Trinajstić information content (AvgIpc) is 2.64. The van der Waals surface area contributed by atoms with Gasteiger partial charge in [0.25, 0.3) is 0 Å². The van der Waals surface area contributed by atoms with Gasteiger partial charge >= 0.3 is 0 Å². The number of hydrogen-bond donors (Lipinski definition) is 1. The van der Waals surface area contributed by atoms with Crippen molar-refractivity contribution in [2.45, 2.75) is 37.1 Å². The van der Waals surface area contributed by atoms with Crippen molar-refractivity contribution in [2.75, 3.05) is 19.6 Å². The van der Waals surface area contributed by atoms with Crippen LogP contribution < -0.4 is 4.72 Å². The number of piperidine rings is 1. The SMILES string of the molecule is CCCN1CCC(NS(=O)(=O)c2ccccc2-c2ccccc2)CC1. The Morgan fingerprint density at radius 1 is 1.00 bits per heavy atom. The molecule has 4 nitrogen and oxygen atoms in total. The fraction of sp³-hybridized carbons (Fsp3) is 0.400. The van der Waals surface area contributed by atoms with Gasteiger partial charge in [-0.3, -0.25) is 0 Å². The summed E-state index contributed by atoms with van der Waals surface area (Å²) in [6.45, 7) is 5.19.